The van der Waals surface area contributed by atoms with Crippen molar-refractivity contribution in [2.24, 2.45) is 0 Å². The highest BCUT2D eigenvalue weighted by Crippen LogP contribution is 2.55. The molecule has 1 aliphatic rings. The van der Waals surface area contributed by atoms with Gasteiger partial charge in [-0.2, -0.15) is 0 Å². The number of nitrogens with zero attached hydrogens (tertiary/aromatic N) is 4. The molecule has 140 heavy (non-hydrogen) atoms. The Bertz CT molecular complexity index is 9500. The van der Waals surface area contributed by atoms with Crippen molar-refractivity contribution in [3.8, 4) is 83.8 Å². The Morgan fingerprint density at radius 3 is 1.10 bits per heavy atom. The van der Waals surface area contributed by atoms with Gasteiger partial charge in [-0.1, -0.05) is 408 Å². The van der Waals surface area contributed by atoms with Crippen molar-refractivity contribution in [2.45, 2.75) is 19.3 Å². The standard InChI is InChI=1S/C46H30N2.C46H29N.C43H31NO/c1-3-13-33(14-4-1)47-43-21-11-9-19-39(43)41-29-31(23-27-45(41)47)35-25-26-36(38-18-8-7-17-37(35)38)32-24-28-46-42(30-32)40-20-10-12-22-44(40)48(46)34-15-5-2-6-16-34;1-2-14-32(15-3-1)43-37-18-8-10-20-39(37)44(40-21-11-9-19-38(40)43)33-22-26-34(27-23-33)47-41-28-24-30-12-4-6-16-35(30)45(41)46-36-17-7-5-13-31(36)25-29-42(46)47;1-43(2)36-21-11-8-19-33(36)34-25-24-30(27-37(34)43)44(38-22-12-9-17-31(38)28-14-4-3-5-15-28)39-26-29-16-6-7-18-32(29)41-35-20-10-13-23-40(35)45-42(39)41/h1-30H;1-29H;3-27H,1-2H3. The fourth-order valence-electron chi connectivity index (χ4n) is 23.2. The highest BCUT2D eigenvalue weighted by molar-refractivity contribution is 6.30. The number of hydrogen-bond acceptors (Lipinski definition) is 2. The van der Waals surface area contributed by atoms with Crippen LogP contribution in [-0.2, 0) is 5.41 Å². The van der Waals surface area contributed by atoms with Gasteiger partial charge >= 0.3 is 0 Å². The molecule has 0 saturated heterocycles. The summed E-state index contributed by atoms with van der Waals surface area (Å²) >= 11 is 0. The quantitative estimate of drug-likeness (QED) is 0.121. The summed E-state index contributed by atoms with van der Waals surface area (Å²) in [6.45, 7) is 4.69. The number of furan rings is 1. The van der Waals surface area contributed by atoms with Crippen LogP contribution in [0.5, 0.6) is 0 Å². The normalized spacial score (nSPS) is 12.3. The summed E-state index contributed by atoms with van der Waals surface area (Å²) in [4.78, 5) is 2.42. The summed E-state index contributed by atoms with van der Waals surface area (Å²) < 4.78 is 14.0. The van der Waals surface area contributed by atoms with Gasteiger partial charge < -0.3 is 23.0 Å². The van der Waals surface area contributed by atoms with E-state index in [4.69, 9.17) is 4.42 Å². The third kappa shape index (κ3) is 13.1. The van der Waals surface area contributed by atoms with Crippen molar-refractivity contribution in [1.82, 2.24) is 13.7 Å². The molecule has 28 aromatic rings. The van der Waals surface area contributed by atoms with Crippen molar-refractivity contribution in [1.29, 1.82) is 0 Å². The second kappa shape index (κ2) is 33.1. The molecule has 1 aliphatic carbocycles. The predicted molar refractivity (Wildman–Crippen MR) is 594 cm³/mol. The molecule has 5 nitrogen and oxygen atoms in total. The molecular weight excluding hydrogens is 1690 g/mol. The molecular formula is C135H90N4O. The fraction of sp³-hybridized carbons (Fsp3) is 0.0222. The van der Waals surface area contributed by atoms with Crippen LogP contribution in [0.4, 0.5) is 17.1 Å². The van der Waals surface area contributed by atoms with Crippen LogP contribution in [0.3, 0.4) is 0 Å². The topological polar surface area (TPSA) is 31.2 Å². The molecule has 0 fully saturated rings. The van der Waals surface area contributed by atoms with Crippen LogP contribution < -0.4 is 4.90 Å². The minimum absolute atomic E-state index is 0.120. The maximum atomic E-state index is 6.80. The van der Waals surface area contributed by atoms with Gasteiger partial charge in [0.2, 0.25) is 0 Å². The number of aromatic nitrogens is 3. The maximum absolute atomic E-state index is 6.80. The van der Waals surface area contributed by atoms with Crippen molar-refractivity contribution < 1.29 is 4.42 Å². The molecule has 0 spiro atoms. The largest absolute Gasteiger partial charge is 0.454 e. The van der Waals surface area contributed by atoms with Crippen LogP contribution in [0.25, 0.3) is 236 Å². The molecule has 0 radical (unpaired) electrons. The molecule has 4 aromatic heterocycles. The van der Waals surface area contributed by atoms with E-state index in [-0.39, 0.29) is 5.41 Å². The van der Waals surface area contributed by atoms with Gasteiger partial charge in [0.25, 0.3) is 0 Å². The average Bonchev–Trinajstić information content (AvgIpc) is 1.60. The molecule has 5 heteroatoms. The lowest BCUT2D eigenvalue weighted by Gasteiger charge is -2.30. The zero-order chi connectivity index (χ0) is 92.6. The first-order valence-electron chi connectivity index (χ1n) is 48.4. The van der Waals surface area contributed by atoms with Gasteiger partial charge in [0.15, 0.2) is 5.58 Å². The first kappa shape index (κ1) is 81.4. The predicted octanol–water partition coefficient (Wildman–Crippen LogP) is 37.3. The van der Waals surface area contributed by atoms with E-state index >= 15 is 0 Å². The van der Waals surface area contributed by atoms with Gasteiger partial charge in [-0.05, 0) is 252 Å². The second-order valence-electron chi connectivity index (χ2n) is 37.5. The lowest BCUT2D eigenvalue weighted by Crippen LogP contribution is -2.17. The van der Waals surface area contributed by atoms with Gasteiger partial charge in [0, 0.05) is 76.8 Å². The van der Waals surface area contributed by atoms with Gasteiger partial charge in [0.1, 0.15) is 5.58 Å². The molecule has 4 heterocycles. The number of rotatable bonds is 11. The lowest BCUT2D eigenvalue weighted by molar-refractivity contribution is 0.660. The average molecular weight is 1780 g/mol. The molecule has 0 amide bonds. The van der Waals surface area contributed by atoms with Crippen LogP contribution in [-0.4, -0.2) is 13.7 Å². The molecule has 0 bridgehead atoms. The van der Waals surface area contributed by atoms with E-state index in [0.717, 1.165) is 44.7 Å². The molecule has 0 saturated carbocycles. The van der Waals surface area contributed by atoms with Crippen LogP contribution in [0.2, 0.25) is 0 Å². The molecule has 656 valence electrons. The van der Waals surface area contributed by atoms with Crippen molar-refractivity contribution >= 4 is 169 Å². The van der Waals surface area contributed by atoms with Crippen molar-refractivity contribution in [3.05, 3.63) is 521 Å². The van der Waals surface area contributed by atoms with Gasteiger partial charge in [-0.25, -0.2) is 0 Å². The minimum atomic E-state index is -0.120. The number of fused-ring (bicyclic) bond motifs is 24. The van der Waals surface area contributed by atoms with Crippen LogP contribution in [0.1, 0.15) is 25.0 Å². The Balaban J connectivity index is 0.000000106. The Morgan fingerprint density at radius 2 is 0.564 bits per heavy atom. The Hall–Kier alpha value is -18.2. The Labute approximate surface area is 810 Å². The smallest absolute Gasteiger partial charge is 0.160 e. The van der Waals surface area contributed by atoms with E-state index in [0.29, 0.717) is 0 Å². The van der Waals surface area contributed by atoms with Crippen molar-refractivity contribution in [3.63, 3.8) is 0 Å². The number of anilines is 3. The summed E-state index contributed by atoms with van der Waals surface area (Å²) in [6, 6.07) is 185. The van der Waals surface area contributed by atoms with E-state index in [1.165, 1.54) is 219 Å². The molecule has 0 atom stereocenters. The van der Waals surface area contributed by atoms with E-state index in [2.05, 4.69) is 542 Å². The van der Waals surface area contributed by atoms with Gasteiger partial charge in [0.05, 0.1) is 44.5 Å². The molecule has 24 aromatic carbocycles. The molecule has 0 unspecified atom stereocenters. The number of para-hydroxylation sites is 6. The molecule has 0 aliphatic heterocycles. The molecule has 29 rings (SSSR count). The van der Waals surface area contributed by atoms with Gasteiger partial charge in [-0.15, -0.1) is 0 Å². The second-order valence-corrected chi connectivity index (χ2v) is 37.5. The first-order chi connectivity index (χ1) is 69.3. The summed E-state index contributed by atoms with van der Waals surface area (Å²) in [6.07, 6.45) is 0. The van der Waals surface area contributed by atoms with E-state index in [1.54, 1.807) is 0 Å². The monoisotopic (exact) mass is 1780 g/mol. The highest BCUT2D eigenvalue weighted by atomic mass is 16.3. The van der Waals surface area contributed by atoms with Crippen LogP contribution >= 0.6 is 0 Å². The Morgan fingerprint density at radius 1 is 0.200 bits per heavy atom. The van der Waals surface area contributed by atoms with E-state index < -0.39 is 0 Å². The maximum Gasteiger partial charge on any atom is 0.160 e. The summed E-state index contributed by atoms with van der Waals surface area (Å²) in [5.74, 6) is 0. The zero-order valence-electron chi connectivity index (χ0n) is 77.2. The zero-order valence-corrected chi connectivity index (χ0v) is 77.2. The first-order valence-corrected chi connectivity index (χ1v) is 48.4. The third-order valence-corrected chi connectivity index (χ3v) is 29.5. The SMILES string of the molecule is CC1(C)c2ccccc2-c2ccc(N(c3ccccc3-c3ccccc3)c3cc4ccccc4c4c3oc3ccccc34)cc21.c1ccc(-c2c3ccccc3c(-c3ccc(-n4c5ccc6ccccc6c5c5c6ccccc6ccc54)cc3)c3ccccc23)cc1.c1ccc(-n2c3ccccc3c3cc(-c4ccc(-c5ccc6c(c5)c5ccccc5n6-c5ccccc5)c5ccccc45)ccc32)cc1. The lowest BCUT2D eigenvalue weighted by atomic mass is 9.82. The van der Waals surface area contributed by atoms with E-state index in [9.17, 15) is 0 Å². The fourth-order valence-corrected chi connectivity index (χ4v) is 23.2. The number of hydrogen-bond donors (Lipinski definition) is 0. The third-order valence-electron chi connectivity index (χ3n) is 29.5. The van der Waals surface area contributed by atoms with Crippen LogP contribution in [0.15, 0.2) is 514 Å². The van der Waals surface area contributed by atoms with Crippen molar-refractivity contribution in [2.75, 3.05) is 4.90 Å². The van der Waals surface area contributed by atoms with Gasteiger partial charge in [-0.3, -0.25) is 0 Å². The summed E-state index contributed by atoms with van der Waals surface area (Å²) in [5.41, 5.74) is 33.4. The summed E-state index contributed by atoms with van der Waals surface area (Å²) in [7, 11) is 0. The van der Waals surface area contributed by atoms with Crippen LogP contribution in [0, 0.1) is 0 Å². The van der Waals surface area contributed by atoms with E-state index in [1.807, 2.05) is 0 Å². The highest BCUT2D eigenvalue weighted by Gasteiger charge is 2.37. The minimum Gasteiger partial charge on any atom is -0.454 e. The Kier molecular flexibility index (Phi) is 19.3. The molecule has 0 N–H and O–H groups in total. The summed E-state index contributed by atoms with van der Waals surface area (Å²) in [5, 5.41) is 25.1. The number of benzene rings is 24.